The quantitative estimate of drug-likeness (QED) is 0.105. The molecule has 1 unspecified atom stereocenters. The van der Waals surface area contributed by atoms with Crippen molar-refractivity contribution in [2.75, 3.05) is 0 Å². The predicted molar refractivity (Wildman–Crippen MR) is 307 cm³/mol. The monoisotopic (exact) mass is 1260 g/mol. The van der Waals surface area contributed by atoms with E-state index in [-0.39, 0.29) is 69.6 Å². The van der Waals surface area contributed by atoms with Crippen LogP contribution in [0.15, 0.2) is 225 Å². The first-order valence-electron chi connectivity index (χ1n) is 25.0. The van der Waals surface area contributed by atoms with E-state index in [0.717, 1.165) is 36.2 Å². The zero-order valence-corrected chi connectivity index (χ0v) is 46.7. The Morgan fingerprint density at radius 2 is 0.989 bits per heavy atom. The fourth-order valence-electron chi connectivity index (χ4n) is 8.67. The molecule has 0 bridgehead atoms. The lowest BCUT2D eigenvalue weighted by Gasteiger charge is -2.16. The molecule has 0 saturated heterocycles. The summed E-state index contributed by atoms with van der Waals surface area (Å²) in [4.78, 5) is 57.8. The average molecular weight is 1260 g/mol. The summed E-state index contributed by atoms with van der Waals surface area (Å²) in [6, 6.07) is 34.3. The van der Waals surface area contributed by atoms with Gasteiger partial charge in [-0.05, 0) is 133 Å². The van der Waals surface area contributed by atoms with Crippen molar-refractivity contribution in [2.24, 2.45) is 0 Å². The molecule has 27 heteroatoms. The fourth-order valence-corrected chi connectivity index (χ4v) is 10.7. The van der Waals surface area contributed by atoms with E-state index >= 15 is 0 Å². The number of fused-ring (bicyclic) bond motifs is 2. The Kier molecular flexibility index (Phi) is 16.7. The van der Waals surface area contributed by atoms with E-state index in [1.807, 2.05) is 0 Å². The number of nitrogens with zero attached hydrogens (tertiary/aromatic N) is 10. The number of benzene rings is 4. The first-order valence-corrected chi connectivity index (χ1v) is 27.8. The van der Waals surface area contributed by atoms with Crippen molar-refractivity contribution < 1.29 is 48.8 Å². The normalized spacial score (nSPS) is 11.9. The second-order valence-electron chi connectivity index (χ2n) is 18.1. The van der Waals surface area contributed by atoms with Crippen molar-refractivity contribution in [3.63, 3.8) is 0 Å². The van der Waals surface area contributed by atoms with Crippen LogP contribution in [0.5, 0.6) is 23.3 Å². The molecular formula is C60H32Cl2F8N10O5S2. The van der Waals surface area contributed by atoms with Gasteiger partial charge in [0.25, 0.3) is 11.1 Å². The first kappa shape index (κ1) is 58.9. The molecule has 0 amide bonds. The lowest BCUT2D eigenvalue weighted by Crippen LogP contribution is -2.13. The second kappa shape index (κ2) is 24.6. The molecule has 0 saturated carbocycles. The summed E-state index contributed by atoms with van der Waals surface area (Å²) in [6.07, 6.45) is 0.936. The molecule has 0 N–H and O–H groups in total. The largest absolute Gasteiger partial charge is 0.438 e. The Hall–Kier alpha value is -9.82. The number of ether oxygens (including phenoxy) is 2. The van der Waals surface area contributed by atoms with Crippen LogP contribution in [-0.4, -0.2) is 53.2 Å². The summed E-state index contributed by atoms with van der Waals surface area (Å²) < 4.78 is 141. The third-order valence-corrected chi connectivity index (χ3v) is 15.2. The third kappa shape index (κ3) is 12.9. The molecule has 0 fully saturated rings. The van der Waals surface area contributed by atoms with Crippen LogP contribution in [0.4, 0.5) is 35.1 Å². The maximum absolute atomic E-state index is 14.8. The Labute approximate surface area is 501 Å². The van der Waals surface area contributed by atoms with Gasteiger partial charge in [-0.15, -0.1) is 0 Å². The lowest BCUT2D eigenvalue weighted by molar-refractivity contribution is -0.139. The van der Waals surface area contributed by atoms with E-state index in [1.54, 1.807) is 54.6 Å². The molecule has 0 aliphatic carbocycles. The maximum atomic E-state index is 14.8. The van der Waals surface area contributed by atoms with E-state index in [9.17, 15) is 48.9 Å². The first-order chi connectivity index (χ1) is 41.8. The van der Waals surface area contributed by atoms with Crippen molar-refractivity contribution in [1.82, 2.24) is 49.0 Å². The highest BCUT2D eigenvalue weighted by molar-refractivity contribution is 7.99. The van der Waals surface area contributed by atoms with Crippen LogP contribution in [0.3, 0.4) is 0 Å². The van der Waals surface area contributed by atoms with Crippen molar-refractivity contribution in [1.29, 1.82) is 0 Å². The highest BCUT2D eigenvalue weighted by Crippen LogP contribution is 2.42. The number of pyridine rings is 6. The highest BCUT2D eigenvalue weighted by atomic mass is 35.5. The summed E-state index contributed by atoms with van der Waals surface area (Å²) in [5.41, 5.74) is -1.49. The molecule has 15 nitrogen and oxygen atoms in total. The van der Waals surface area contributed by atoms with Gasteiger partial charge in [-0.3, -0.25) is 28.7 Å². The van der Waals surface area contributed by atoms with Crippen molar-refractivity contribution >= 4 is 67.6 Å². The van der Waals surface area contributed by atoms with Gasteiger partial charge < -0.3 is 9.47 Å². The van der Waals surface area contributed by atoms with Crippen molar-refractivity contribution in [3.8, 4) is 57.1 Å². The van der Waals surface area contributed by atoms with Gasteiger partial charge in [0.1, 0.15) is 67.8 Å². The van der Waals surface area contributed by atoms with Crippen LogP contribution >= 0.6 is 35.0 Å². The van der Waals surface area contributed by atoms with Gasteiger partial charge >= 0.3 is 12.4 Å². The Bertz CT molecular complexity index is 4760. The van der Waals surface area contributed by atoms with E-state index < -0.39 is 68.8 Å². The second-order valence-corrected chi connectivity index (χ2v) is 21.5. The minimum absolute atomic E-state index is 0.00202. The van der Waals surface area contributed by atoms with Gasteiger partial charge in [0, 0.05) is 63.2 Å². The molecule has 1 atom stereocenters. The van der Waals surface area contributed by atoms with Crippen LogP contribution in [0.2, 0.25) is 10.0 Å². The van der Waals surface area contributed by atoms with Crippen LogP contribution in [0.25, 0.3) is 55.7 Å². The SMILES string of the molecule is O=c1ncn(-c2cccnc2-c2ccc(Cl)cc2F)c2ccc(Oc3ncc(S(=O)c4ccccn4)cc3C(F)(F)F)cc12.O=c1ncn(-c2cccnc2-c2ccc(Cl)cc2F)c2ccc(Oc3ncc(Sc4ccccn4)cc3C(F)(F)F)cc12. The molecule has 8 heterocycles. The molecule has 0 radical (unpaired) electrons. The van der Waals surface area contributed by atoms with Crippen LogP contribution in [0.1, 0.15) is 11.1 Å². The van der Waals surface area contributed by atoms with Gasteiger partial charge in [-0.1, -0.05) is 47.1 Å². The molecule has 8 aromatic heterocycles. The van der Waals surface area contributed by atoms with Crippen molar-refractivity contribution in [2.45, 2.75) is 32.2 Å². The van der Waals surface area contributed by atoms with E-state index in [1.165, 1.54) is 120 Å². The van der Waals surface area contributed by atoms with Crippen LogP contribution in [-0.2, 0) is 23.2 Å². The van der Waals surface area contributed by atoms with Crippen LogP contribution in [0, 0.1) is 11.6 Å². The zero-order chi connectivity index (χ0) is 61.1. The minimum Gasteiger partial charge on any atom is -0.438 e. The maximum Gasteiger partial charge on any atom is 0.421 e. The number of rotatable bonds is 12. The summed E-state index contributed by atoms with van der Waals surface area (Å²) in [5, 5.41) is 1.02. The number of halogens is 10. The Morgan fingerprint density at radius 1 is 0.494 bits per heavy atom. The van der Waals surface area contributed by atoms with Crippen molar-refractivity contribution in [3.05, 3.63) is 249 Å². The predicted octanol–water partition coefficient (Wildman–Crippen LogP) is 15.0. The summed E-state index contributed by atoms with van der Waals surface area (Å²) in [7, 11) is -2.02. The van der Waals surface area contributed by atoms with Gasteiger partial charge in [-0.25, -0.2) is 32.9 Å². The molecule has 0 spiro atoms. The summed E-state index contributed by atoms with van der Waals surface area (Å²) in [6.45, 7) is 0. The van der Waals surface area contributed by atoms with Gasteiger partial charge in [-0.2, -0.15) is 36.3 Å². The lowest BCUT2D eigenvalue weighted by atomic mass is 10.1. The molecule has 0 aliphatic heterocycles. The fraction of sp³-hybridized carbons (Fsp3) is 0.0333. The number of alkyl halides is 6. The Morgan fingerprint density at radius 3 is 1.47 bits per heavy atom. The van der Waals surface area contributed by atoms with Crippen LogP contribution < -0.4 is 20.6 Å². The number of hydrogen-bond donors (Lipinski definition) is 0. The minimum atomic E-state index is -4.91. The average Bonchev–Trinajstić information content (AvgIpc) is 2.19. The van der Waals surface area contributed by atoms with Gasteiger partial charge in [0.15, 0.2) is 0 Å². The smallest absolute Gasteiger partial charge is 0.421 e. The highest BCUT2D eigenvalue weighted by Gasteiger charge is 2.38. The molecule has 12 rings (SSSR count). The zero-order valence-electron chi connectivity index (χ0n) is 43.6. The molecule has 12 aromatic rings. The van der Waals surface area contributed by atoms with E-state index in [2.05, 4.69) is 39.9 Å². The molecular weight excluding hydrogens is 1230 g/mol. The third-order valence-electron chi connectivity index (χ3n) is 12.6. The number of aromatic nitrogens is 10. The molecule has 0 aliphatic rings. The molecule has 434 valence electrons. The van der Waals surface area contributed by atoms with E-state index in [4.69, 9.17) is 32.7 Å². The summed E-state index contributed by atoms with van der Waals surface area (Å²) >= 11 is 12.8. The van der Waals surface area contributed by atoms with Gasteiger partial charge in [0.05, 0.1) is 49.5 Å². The van der Waals surface area contributed by atoms with Gasteiger partial charge in [0.2, 0.25) is 11.8 Å². The number of hydrogen-bond acceptors (Lipinski definition) is 14. The molecule has 4 aromatic carbocycles. The standard InChI is InChI=1S/C30H16ClF4N5O3S.C30H16ClF4N5O2S/c31-17-6-8-20(23(32)12-17)27-25(4-3-11-37-27)40-16-39-28(41)21-13-18(7-9-24(21)40)43-29-22(30(33,34)35)14-19(15-38-29)44(42)26-5-1-2-10-36-26;31-17-6-8-20(23(32)12-17)27-25(4-3-11-37-27)40-16-39-28(41)21-13-18(7-9-24(21)40)42-29-22(30(33,34)35)14-19(15-38-29)43-26-5-1-2-10-36-26/h1-16H;1-16H. The molecule has 87 heavy (non-hydrogen) atoms. The topological polar surface area (TPSA) is 183 Å². The summed E-state index contributed by atoms with van der Waals surface area (Å²) in [5.74, 6) is -2.92. The Balaban J connectivity index is 0.000000180. The van der Waals surface area contributed by atoms with E-state index in [0.29, 0.717) is 33.5 Å².